The lowest BCUT2D eigenvalue weighted by molar-refractivity contribution is 0.194. The van der Waals surface area contributed by atoms with Crippen molar-refractivity contribution in [3.63, 3.8) is 0 Å². The van der Waals surface area contributed by atoms with E-state index in [1.165, 1.54) is 0 Å². The number of nitrogens with zero attached hydrogens (tertiary/aromatic N) is 2. The molecule has 1 fully saturated rings. The standard InChI is InChI=1S/C16H17ClN2O2/c1-21-13-5-2-4-11(8-13)15-9-12(20)10-19(15)16-14(17)6-3-7-18-16/h2-8,12,15,20H,9-10H2,1H3/t12-,15+/m1/s1. The molecule has 0 spiro atoms. The second kappa shape index (κ2) is 5.92. The number of hydrogen-bond donors (Lipinski definition) is 1. The van der Waals surface area contributed by atoms with Crippen molar-refractivity contribution in [2.45, 2.75) is 18.6 Å². The Labute approximate surface area is 128 Å². The minimum absolute atomic E-state index is 0.0440. The third kappa shape index (κ3) is 2.82. The van der Waals surface area contributed by atoms with Gasteiger partial charge in [-0.2, -0.15) is 0 Å². The van der Waals surface area contributed by atoms with Crippen molar-refractivity contribution in [1.82, 2.24) is 4.98 Å². The first kappa shape index (κ1) is 14.2. The fraction of sp³-hybridized carbons (Fsp3) is 0.312. The zero-order valence-corrected chi connectivity index (χ0v) is 12.5. The third-order valence-electron chi connectivity index (χ3n) is 3.77. The van der Waals surface area contributed by atoms with Gasteiger partial charge in [0.05, 0.1) is 24.3 Å². The zero-order valence-electron chi connectivity index (χ0n) is 11.7. The van der Waals surface area contributed by atoms with Crippen LogP contribution in [0.3, 0.4) is 0 Å². The van der Waals surface area contributed by atoms with Crippen molar-refractivity contribution in [2.75, 3.05) is 18.6 Å². The normalized spacial score (nSPS) is 21.6. The molecule has 1 aliphatic heterocycles. The molecule has 1 N–H and O–H groups in total. The lowest BCUT2D eigenvalue weighted by Gasteiger charge is -2.26. The fourth-order valence-electron chi connectivity index (χ4n) is 2.80. The molecule has 1 aromatic heterocycles. The summed E-state index contributed by atoms with van der Waals surface area (Å²) in [4.78, 5) is 6.42. The molecule has 0 saturated carbocycles. The topological polar surface area (TPSA) is 45.6 Å². The van der Waals surface area contributed by atoms with E-state index in [9.17, 15) is 5.11 Å². The van der Waals surface area contributed by atoms with Crippen LogP contribution in [0.4, 0.5) is 5.82 Å². The van der Waals surface area contributed by atoms with Crippen LogP contribution in [0.2, 0.25) is 5.02 Å². The van der Waals surface area contributed by atoms with E-state index in [-0.39, 0.29) is 12.1 Å². The highest BCUT2D eigenvalue weighted by Crippen LogP contribution is 2.38. The Morgan fingerprint density at radius 1 is 1.33 bits per heavy atom. The minimum Gasteiger partial charge on any atom is -0.497 e. The number of rotatable bonds is 3. The summed E-state index contributed by atoms with van der Waals surface area (Å²) in [5.74, 6) is 1.52. The SMILES string of the molecule is COc1cccc([C@@H]2C[C@@H](O)CN2c2ncccc2Cl)c1. The van der Waals surface area contributed by atoms with Gasteiger partial charge in [0.2, 0.25) is 0 Å². The summed E-state index contributed by atoms with van der Waals surface area (Å²) in [5.41, 5.74) is 1.09. The Morgan fingerprint density at radius 2 is 2.19 bits per heavy atom. The smallest absolute Gasteiger partial charge is 0.147 e. The lowest BCUT2D eigenvalue weighted by atomic mass is 10.0. The molecule has 1 aliphatic rings. The summed E-state index contributed by atoms with van der Waals surface area (Å²) in [7, 11) is 1.65. The predicted molar refractivity (Wildman–Crippen MR) is 83.0 cm³/mol. The third-order valence-corrected chi connectivity index (χ3v) is 4.06. The number of β-amino-alcohol motifs (C(OH)–C–C–N with tert-alkyl or cyclic N) is 1. The van der Waals surface area contributed by atoms with E-state index < -0.39 is 0 Å². The molecule has 0 amide bonds. The molecule has 2 atom stereocenters. The van der Waals surface area contributed by atoms with Crippen molar-refractivity contribution in [1.29, 1.82) is 0 Å². The van der Waals surface area contributed by atoms with Crippen molar-refractivity contribution >= 4 is 17.4 Å². The molecule has 2 heterocycles. The average Bonchev–Trinajstić information content (AvgIpc) is 2.89. The molecule has 0 aliphatic carbocycles. The molecule has 1 saturated heterocycles. The molecule has 0 bridgehead atoms. The molecule has 0 radical (unpaired) electrons. The number of methoxy groups -OCH3 is 1. The first-order valence-corrected chi connectivity index (χ1v) is 7.26. The highest BCUT2D eigenvalue weighted by molar-refractivity contribution is 6.32. The average molecular weight is 305 g/mol. The maximum Gasteiger partial charge on any atom is 0.147 e. The first-order valence-electron chi connectivity index (χ1n) is 6.88. The largest absolute Gasteiger partial charge is 0.497 e. The number of hydrogen-bond acceptors (Lipinski definition) is 4. The van der Waals surface area contributed by atoms with Gasteiger partial charge in [0, 0.05) is 12.7 Å². The quantitative estimate of drug-likeness (QED) is 0.946. The van der Waals surface area contributed by atoms with E-state index in [2.05, 4.69) is 9.88 Å². The predicted octanol–water partition coefficient (Wildman–Crippen LogP) is 3.06. The van der Waals surface area contributed by atoms with Gasteiger partial charge in [-0.05, 0) is 36.2 Å². The monoisotopic (exact) mass is 304 g/mol. The van der Waals surface area contributed by atoms with E-state index in [0.29, 0.717) is 23.8 Å². The van der Waals surface area contributed by atoms with Gasteiger partial charge in [-0.1, -0.05) is 23.7 Å². The molecule has 4 nitrogen and oxygen atoms in total. The molecular weight excluding hydrogens is 288 g/mol. The zero-order chi connectivity index (χ0) is 14.8. The molecule has 3 rings (SSSR count). The number of aliphatic hydroxyl groups excluding tert-OH is 1. The van der Waals surface area contributed by atoms with E-state index in [1.807, 2.05) is 30.3 Å². The minimum atomic E-state index is -0.390. The van der Waals surface area contributed by atoms with Crippen LogP contribution in [0, 0.1) is 0 Å². The highest BCUT2D eigenvalue weighted by atomic mass is 35.5. The second-order valence-electron chi connectivity index (χ2n) is 5.14. The second-order valence-corrected chi connectivity index (χ2v) is 5.55. The van der Waals surface area contributed by atoms with Gasteiger partial charge in [-0.25, -0.2) is 4.98 Å². The highest BCUT2D eigenvalue weighted by Gasteiger charge is 2.34. The number of anilines is 1. The van der Waals surface area contributed by atoms with Gasteiger partial charge in [0.15, 0.2) is 0 Å². The van der Waals surface area contributed by atoms with Crippen LogP contribution in [0.25, 0.3) is 0 Å². The van der Waals surface area contributed by atoms with Gasteiger partial charge in [0.25, 0.3) is 0 Å². The summed E-state index contributed by atoms with van der Waals surface area (Å²) < 4.78 is 5.28. The number of aromatic nitrogens is 1. The van der Waals surface area contributed by atoms with Crippen molar-refractivity contribution < 1.29 is 9.84 Å². The molecule has 21 heavy (non-hydrogen) atoms. The van der Waals surface area contributed by atoms with E-state index >= 15 is 0 Å². The summed E-state index contributed by atoms with van der Waals surface area (Å²) in [6, 6.07) is 11.6. The fourth-order valence-corrected chi connectivity index (χ4v) is 3.03. The van der Waals surface area contributed by atoms with Crippen LogP contribution in [0.1, 0.15) is 18.0 Å². The van der Waals surface area contributed by atoms with Crippen molar-refractivity contribution in [3.05, 3.63) is 53.2 Å². The van der Waals surface area contributed by atoms with Crippen LogP contribution in [0.5, 0.6) is 5.75 Å². The van der Waals surface area contributed by atoms with Crippen molar-refractivity contribution in [3.8, 4) is 5.75 Å². The summed E-state index contributed by atoms with van der Waals surface area (Å²) in [6.07, 6.45) is 1.98. The Hall–Kier alpha value is -1.78. The molecule has 5 heteroatoms. The molecular formula is C16H17ClN2O2. The lowest BCUT2D eigenvalue weighted by Crippen LogP contribution is -2.25. The van der Waals surface area contributed by atoms with Gasteiger partial charge < -0.3 is 14.7 Å². The Kier molecular flexibility index (Phi) is 3.99. The van der Waals surface area contributed by atoms with Crippen LogP contribution in [-0.4, -0.2) is 29.8 Å². The Balaban J connectivity index is 1.97. The van der Waals surface area contributed by atoms with Crippen LogP contribution in [-0.2, 0) is 0 Å². The number of halogens is 1. The van der Waals surface area contributed by atoms with E-state index in [0.717, 1.165) is 11.3 Å². The summed E-state index contributed by atoms with van der Waals surface area (Å²) in [6.45, 7) is 0.526. The van der Waals surface area contributed by atoms with E-state index in [4.69, 9.17) is 16.3 Å². The van der Waals surface area contributed by atoms with Gasteiger partial charge in [-0.15, -0.1) is 0 Å². The number of benzene rings is 1. The number of pyridine rings is 1. The van der Waals surface area contributed by atoms with Gasteiger partial charge >= 0.3 is 0 Å². The van der Waals surface area contributed by atoms with Crippen LogP contribution < -0.4 is 9.64 Å². The Morgan fingerprint density at radius 3 is 2.95 bits per heavy atom. The number of aliphatic hydroxyl groups is 1. The van der Waals surface area contributed by atoms with Crippen molar-refractivity contribution in [2.24, 2.45) is 0 Å². The van der Waals surface area contributed by atoms with Gasteiger partial charge in [0.1, 0.15) is 11.6 Å². The molecule has 2 aromatic rings. The maximum absolute atomic E-state index is 10.1. The molecule has 110 valence electrons. The van der Waals surface area contributed by atoms with Crippen LogP contribution >= 0.6 is 11.6 Å². The first-order chi connectivity index (χ1) is 10.2. The van der Waals surface area contributed by atoms with Gasteiger partial charge in [-0.3, -0.25) is 0 Å². The molecule has 1 aromatic carbocycles. The van der Waals surface area contributed by atoms with E-state index in [1.54, 1.807) is 19.4 Å². The Bertz CT molecular complexity index is 635. The molecule has 0 unspecified atom stereocenters. The number of ether oxygens (including phenoxy) is 1. The summed E-state index contributed by atoms with van der Waals surface area (Å²) in [5, 5.41) is 10.7. The summed E-state index contributed by atoms with van der Waals surface area (Å²) >= 11 is 6.25. The van der Waals surface area contributed by atoms with Crippen LogP contribution in [0.15, 0.2) is 42.6 Å². The maximum atomic E-state index is 10.1.